The van der Waals surface area contributed by atoms with Crippen molar-refractivity contribution in [3.8, 4) is 33.6 Å². The van der Waals surface area contributed by atoms with E-state index in [4.69, 9.17) is 9.72 Å². The molecular weight excluding hydrogens is 687 g/mol. The van der Waals surface area contributed by atoms with Crippen LogP contribution in [0.2, 0.25) is 0 Å². The standard InChI is InChI=1S/C39H39N11O4/c1-54-39(53)44-35(28-7-3-2-4-8-28)38(52)50-20-6-10-32(50)37-41-23-30(43-37)27-17-13-25(14-18-27)24-11-15-26(16-12-24)29-22-40-36(42-29)31-9-5-19-49(31)34(51)21-33-45-47-48-46-33/h2-4,7-8,11-18,22-23,31-32,35H,5-6,9-10,19-21H2,1H3,(H,40,42)(H,41,43)(H,44,53)(H,45,46,47,48)/t31-,32-,35+/m0/s1. The first-order valence-electron chi connectivity index (χ1n) is 18.0. The van der Waals surface area contributed by atoms with Gasteiger partial charge in [0.15, 0.2) is 5.82 Å². The Labute approximate surface area is 310 Å². The van der Waals surface area contributed by atoms with E-state index >= 15 is 0 Å². The fourth-order valence-corrected chi connectivity index (χ4v) is 7.42. The van der Waals surface area contributed by atoms with Gasteiger partial charge in [-0.25, -0.2) is 14.8 Å². The van der Waals surface area contributed by atoms with Gasteiger partial charge in [-0.15, -0.1) is 10.2 Å². The molecule has 2 aliphatic heterocycles. The van der Waals surface area contributed by atoms with Crippen molar-refractivity contribution in [1.29, 1.82) is 0 Å². The lowest BCUT2D eigenvalue weighted by atomic mass is 10.0. The van der Waals surface area contributed by atoms with Gasteiger partial charge in [-0.2, -0.15) is 5.21 Å². The Morgan fingerprint density at radius 3 is 1.89 bits per heavy atom. The van der Waals surface area contributed by atoms with Crippen LogP contribution in [0.1, 0.15) is 66.8 Å². The number of carbonyl (C=O) groups excluding carboxylic acids is 3. The Kier molecular flexibility index (Phi) is 9.66. The van der Waals surface area contributed by atoms with Gasteiger partial charge in [-0.3, -0.25) is 9.59 Å². The van der Waals surface area contributed by atoms with Crippen LogP contribution in [0.25, 0.3) is 33.6 Å². The first-order chi connectivity index (χ1) is 26.4. The van der Waals surface area contributed by atoms with Crippen LogP contribution < -0.4 is 5.32 Å². The van der Waals surface area contributed by atoms with Gasteiger partial charge in [0, 0.05) is 13.1 Å². The summed E-state index contributed by atoms with van der Waals surface area (Å²) in [6.45, 7) is 1.23. The molecule has 3 amide bonds. The molecule has 2 aliphatic rings. The molecule has 0 aliphatic carbocycles. The number of hydrogen-bond acceptors (Lipinski definition) is 9. The quantitative estimate of drug-likeness (QED) is 0.145. The summed E-state index contributed by atoms with van der Waals surface area (Å²) >= 11 is 0. The molecule has 0 unspecified atom stereocenters. The number of tetrazole rings is 1. The second-order valence-electron chi connectivity index (χ2n) is 13.4. The van der Waals surface area contributed by atoms with E-state index in [1.807, 2.05) is 41.4 Å². The molecule has 3 aromatic heterocycles. The molecule has 0 spiro atoms. The zero-order valence-electron chi connectivity index (χ0n) is 29.6. The Morgan fingerprint density at radius 2 is 1.33 bits per heavy atom. The third-order valence-corrected chi connectivity index (χ3v) is 10.2. The number of aromatic amines is 3. The van der Waals surface area contributed by atoms with E-state index < -0.39 is 12.1 Å². The van der Waals surface area contributed by atoms with Crippen LogP contribution in [0.3, 0.4) is 0 Å². The van der Waals surface area contributed by atoms with Crippen LogP contribution in [0.4, 0.5) is 4.79 Å². The van der Waals surface area contributed by atoms with Gasteiger partial charge in [0.25, 0.3) is 5.91 Å². The highest BCUT2D eigenvalue weighted by Gasteiger charge is 2.37. The molecule has 274 valence electrons. The Bertz CT molecular complexity index is 2220. The Morgan fingerprint density at radius 1 is 0.778 bits per heavy atom. The van der Waals surface area contributed by atoms with Crippen molar-refractivity contribution in [3.63, 3.8) is 0 Å². The number of hydrogen-bond donors (Lipinski definition) is 4. The van der Waals surface area contributed by atoms with Gasteiger partial charge in [-0.1, -0.05) is 84.1 Å². The Balaban J connectivity index is 0.924. The first kappa shape index (κ1) is 34.4. The maximum Gasteiger partial charge on any atom is 0.407 e. The van der Waals surface area contributed by atoms with Crippen LogP contribution >= 0.6 is 0 Å². The predicted octanol–water partition coefficient (Wildman–Crippen LogP) is 5.31. The molecular formula is C39H39N11O4. The highest BCUT2D eigenvalue weighted by Crippen LogP contribution is 2.35. The lowest BCUT2D eigenvalue weighted by molar-refractivity contribution is -0.134. The van der Waals surface area contributed by atoms with Crippen LogP contribution in [-0.2, 0) is 20.7 Å². The predicted molar refractivity (Wildman–Crippen MR) is 197 cm³/mol. The first-order valence-corrected chi connectivity index (χ1v) is 18.0. The number of carbonyl (C=O) groups is 3. The van der Waals surface area contributed by atoms with Crippen LogP contribution in [0.5, 0.6) is 0 Å². The Hall–Kier alpha value is -6.64. The third-order valence-electron chi connectivity index (χ3n) is 10.2. The van der Waals surface area contributed by atoms with Crippen molar-refractivity contribution in [2.45, 2.75) is 50.2 Å². The fourth-order valence-electron chi connectivity index (χ4n) is 7.42. The summed E-state index contributed by atoms with van der Waals surface area (Å²) in [6, 6.07) is 24.5. The number of alkyl carbamates (subject to hydrolysis) is 1. The van der Waals surface area contributed by atoms with Crippen LogP contribution in [0, 0.1) is 0 Å². The number of ether oxygens (including phenoxy) is 1. The minimum absolute atomic E-state index is 0.0452. The second-order valence-corrected chi connectivity index (χ2v) is 13.4. The molecule has 8 rings (SSSR count). The van der Waals surface area contributed by atoms with Crippen molar-refractivity contribution in [3.05, 3.63) is 114 Å². The number of H-pyrrole nitrogens is 3. The molecule has 2 fully saturated rings. The molecule has 6 aromatic rings. The van der Waals surface area contributed by atoms with E-state index in [9.17, 15) is 14.4 Å². The fraction of sp³-hybridized carbons (Fsp3) is 0.282. The highest BCUT2D eigenvalue weighted by molar-refractivity contribution is 5.87. The topological polar surface area (TPSA) is 191 Å². The number of benzene rings is 3. The minimum atomic E-state index is -0.873. The van der Waals surface area contributed by atoms with E-state index in [2.05, 4.69) is 89.4 Å². The lowest BCUT2D eigenvalue weighted by Gasteiger charge is -2.28. The number of nitrogens with one attached hydrogen (secondary N) is 4. The van der Waals surface area contributed by atoms with Gasteiger partial charge in [-0.05, 0) is 53.5 Å². The number of aromatic nitrogens is 8. The van der Waals surface area contributed by atoms with Crippen molar-refractivity contribution in [2.75, 3.05) is 20.2 Å². The normalized spacial score (nSPS) is 17.4. The second kappa shape index (κ2) is 15.1. The van der Waals surface area contributed by atoms with Gasteiger partial charge in [0.05, 0.1) is 49.4 Å². The largest absolute Gasteiger partial charge is 0.453 e. The molecule has 0 saturated carbocycles. The van der Waals surface area contributed by atoms with E-state index in [0.717, 1.165) is 65.1 Å². The molecule has 4 N–H and O–H groups in total. The monoisotopic (exact) mass is 725 g/mol. The molecule has 54 heavy (non-hydrogen) atoms. The number of amides is 3. The van der Waals surface area contributed by atoms with Gasteiger partial charge < -0.3 is 29.8 Å². The molecule has 3 atom stereocenters. The van der Waals surface area contributed by atoms with Crippen molar-refractivity contribution in [1.82, 2.24) is 55.7 Å². The molecule has 5 heterocycles. The summed E-state index contributed by atoms with van der Waals surface area (Å²) in [4.78, 5) is 58.9. The number of imidazole rings is 2. The molecule has 0 bridgehead atoms. The minimum Gasteiger partial charge on any atom is -0.453 e. The van der Waals surface area contributed by atoms with E-state index in [1.54, 1.807) is 11.1 Å². The zero-order valence-corrected chi connectivity index (χ0v) is 29.6. The highest BCUT2D eigenvalue weighted by atomic mass is 16.5. The summed E-state index contributed by atoms with van der Waals surface area (Å²) in [7, 11) is 1.28. The number of methoxy groups -OCH3 is 1. The number of likely N-dealkylation sites (tertiary alicyclic amines) is 2. The third kappa shape index (κ3) is 7.07. The average Bonchev–Trinajstić information content (AvgIpc) is 4.06. The molecule has 15 nitrogen and oxygen atoms in total. The zero-order chi connectivity index (χ0) is 37.0. The number of nitrogens with zero attached hydrogens (tertiary/aromatic N) is 7. The summed E-state index contributed by atoms with van der Waals surface area (Å²) in [5, 5.41) is 16.5. The van der Waals surface area contributed by atoms with Crippen molar-refractivity contribution < 1.29 is 19.1 Å². The smallest absolute Gasteiger partial charge is 0.407 e. The number of rotatable bonds is 10. The maximum absolute atomic E-state index is 13.9. The summed E-state index contributed by atoms with van der Waals surface area (Å²) in [5.74, 6) is 1.60. The summed E-state index contributed by atoms with van der Waals surface area (Å²) in [5.41, 5.74) is 6.53. The van der Waals surface area contributed by atoms with E-state index in [-0.39, 0.29) is 30.3 Å². The van der Waals surface area contributed by atoms with Gasteiger partial charge in [0.2, 0.25) is 5.91 Å². The van der Waals surface area contributed by atoms with Crippen molar-refractivity contribution >= 4 is 17.9 Å². The molecule has 3 aromatic carbocycles. The lowest BCUT2D eigenvalue weighted by Crippen LogP contribution is -2.42. The van der Waals surface area contributed by atoms with Gasteiger partial charge in [0.1, 0.15) is 17.7 Å². The molecule has 15 heteroatoms. The summed E-state index contributed by atoms with van der Waals surface area (Å²) < 4.78 is 4.82. The molecule has 2 saturated heterocycles. The van der Waals surface area contributed by atoms with Crippen molar-refractivity contribution in [2.24, 2.45) is 0 Å². The van der Waals surface area contributed by atoms with E-state index in [1.165, 1.54) is 7.11 Å². The summed E-state index contributed by atoms with van der Waals surface area (Å²) in [6.07, 6.45) is 6.38. The maximum atomic E-state index is 13.9. The SMILES string of the molecule is COC(=O)N[C@@H](C(=O)N1CCC[C@H]1c1ncc(-c2ccc(-c3ccc(-c4cnc([C@@H]5CCCN5C(=O)Cc5nn[nH]n5)[nH]4)cc3)cc2)[nH]1)c1ccccc1. The van der Waals surface area contributed by atoms with Crippen LogP contribution in [-0.4, -0.2) is 88.5 Å². The molecule has 0 radical (unpaired) electrons. The van der Waals surface area contributed by atoms with E-state index in [0.29, 0.717) is 30.3 Å². The van der Waals surface area contributed by atoms with Crippen LogP contribution in [0.15, 0.2) is 91.3 Å². The average molecular weight is 726 g/mol. The van der Waals surface area contributed by atoms with Gasteiger partial charge >= 0.3 is 6.09 Å².